The van der Waals surface area contributed by atoms with Crippen molar-refractivity contribution in [2.24, 2.45) is 0 Å². The predicted octanol–water partition coefficient (Wildman–Crippen LogP) is 3.93. The summed E-state index contributed by atoms with van der Waals surface area (Å²) < 4.78 is 5.35. The van der Waals surface area contributed by atoms with Gasteiger partial charge in [0.15, 0.2) is 5.11 Å². The molecule has 0 spiro atoms. The zero-order valence-electron chi connectivity index (χ0n) is 17.1. The third kappa shape index (κ3) is 5.18. The average molecular weight is 415 g/mol. The van der Waals surface area contributed by atoms with Crippen molar-refractivity contribution >= 4 is 34.9 Å². The van der Waals surface area contributed by atoms with Gasteiger partial charge in [0, 0.05) is 31.7 Å². The zero-order valence-corrected chi connectivity index (χ0v) is 17.9. The molecule has 0 aliphatic carbocycles. The van der Waals surface area contributed by atoms with E-state index < -0.39 is 0 Å². The molecule has 0 saturated carbocycles. The quantitative estimate of drug-likeness (QED) is 0.714. The number of hydrogen-bond acceptors (Lipinski definition) is 6. The number of nitrogens with zero attached hydrogens (tertiary/aromatic N) is 4. The number of piperidine rings is 2. The van der Waals surface area contributed by atoms with E-state index in [0.717, 1.165) is 37.0 Å². The second-order valence-electron chi connectivity index (χ2n) is 7.88. The monoisotopic (exact) mass is 414 g/mol. The fraction of sp³-hybridized carbons (Fsp3) is 0.571. The lowest BCUT2D eigenvalue weighted by Gasteiger charge is -2.35. The Morgan fingerprint density at radius 2 is 1.93 bits per heavy atom. The SMILES string of the molecule is C[C@@H]1CCCCN1c1cc(N2CCCCC2)nc(NC(=S)NCc2ccco2)n1. The fourth-order valence-corrected chi connectivity index (χ4v) is 4.24. The molecule has 0 unspecified atom stereocenters. The second kappa shape index (κ2) is 9.43. The zero-order chi connectivity index (χ0) is 20.1. The Balaban J connectivity index is 1.52. The lowest BCUT2D eigenvalue weighted by atomic mass is 10.0. The number of anilines is 3. The van der Waals surface area contributed by atoms with E-state index in [4.69, 9.17) is 26.6 Å². The van der Waals surface area contributed by atoms with Crippen LogP contribution in [0.2, 0.25) is 0 Å². The molecule has 4 heterocycles. The Kier molecular flexibility index (Phi) is 6.49. The highest BCUT2D eigenvalue weighted by Gasteiger charge is 2.23. The summed E-state index contributed by atoms with van der Waals surface area (Å²) in [4.78, 5) is 14.4. The van der Waals surface area contributed by atoms with E-state index in [1.807, 2.05) is 12.1 Å². The highest BCUT2D eigenvalue weighted by Crippen LogP contribution is 2.28. The standard InChI is InChI=1S/C21H30N6OS/c1-16-8-3-6-12-27(16)19-14-18(26-10-4-2-5-11-26)23-20(24-19)25-21(29)22-15-17-9-7-13-28-17/h7,9,13-14,16H,2-6,8,10-12,15H2,1H3,(H2,22,23,24,25,29)/t16-/m1/s1. The number of aromatic nitrogens is 2. The number of furan rings is 1. The topological polar surface area (TPSA) is 69.5 Å². The van der Waals surface area contributed by atoms with Crippen LogP contribution in [0.5, 0.6) is 0 Å². The molecule has 0 radical (unpaired) electrons. The second-order valence-corrected chi connectivity index (χ2v) is 8.29. The molecule has 29 heavy (non-hydrogen) atoms. The molecule has 0 bridgehead atoms. The van der Waals surface area contributed by atoms with Crippen molar-refractivity contribution in [3.63, 3.8) is 0 Å². The number of hydrogen-bond donors (Lipinski definition) is 2. The van der Waals surface area contributed by atoms with Crippen LogP contribution >= 0.6 is 12.2 Å². The summed E-state index contributed by atoms with van der Waals surface area (Å²) in [7, 11) is 0. The van der Waals surface area contributed by atoms with E-state index in [2.05, 4.69) is 33.4 Å². The van der Waals surface area contributed by atoms with Crippen LogP contribution in [0.4, 0.5) is 17.6 Å². The first-order valence-corrected chi connectivity index (χ1v) is 11.1. The third-order valence-electron chi connectivity index (χ3n) is 5.71. The van der Waals surface area contributed by atoms with E-state index in [1.165, 1.54) is 38.5 Å². The summed E-state index contributed by atoms with van der Waals surface area (Å²) in [6, 6.07) is 6.42. The minimum atomic E-state index is 0.490. The van der Waals surface area contributed by atoms with Crippen molar-refractivity contribution in [2.75, 3.05) is 34.8 Å². The van der Waals surface area contributed by atoms with Crippen molar-refractivity contribution in [3.8, 4) is 0 Å². The largest absolute Gasteiger partial charge is 0.467 e. The van der Waals surface area contributed by atoms with Gasteiger partial charge in [-0.15, -0.1) is 0 Å². The summed E-state index contributed by atoms with van der Waals surface area (Å²) in [5, 5.41) is 6.84. The van der Waals surface area contributed by atoms with Crippen LogP contribution in [-0.2, 0) is 6.54 Å². The van der Waals surface area contributed by atoms with Crippen molar-refractivity contribution in [2.45, 2.75) is 58.0 Å². The average Bonchev–Trinajstić information content (AvgIpc) is 3.27. The molecule has 7 nitrogen and oxygen atoms in total. The molecule has 2 aliphatic heterocycles. The molecule has 2 aromatic heterocycles. The molecular weight excluding hydrogens is 384 g/mol. The maximum Gasteiger partial charge on any atom is 0.232 e. The van der Waals surface area contributed by atoms with Crippen molar-refractivity contribution in [1.29, 1.82) is 0 Å². The van der Waals surface area contributed by atoms with Crippen LogP contribution in [-0.4, -0.2) is 40.8 Å². The molecular formula is C21H30N6OS. The van der Waals surface area contributed by atoms with Gasteiger partial charge in [-0.2, -0.15) is 9.97 Å². The maximum atomic E-state index is 5.46. The van der Waals surface area contributed by atoms with E-state index in [-0.39, 0.29) is 0 Å². The molecule has 2 fully saturated rings. The van der Waals surface area contributed by atoms with Gasteiger partial charge < -0.3 is 24.9 Å². The molecule has 2 aliphatic rings. The van der Waals surface area contributed by atoms with E-state index in [0.29, 0.717) is 23.6 Å². The van der Waals surface area contributed by atoms with Gasteiger partial charge in [0.2, 0.25) is 5.95 Å². The van der Waals surface area contributed by atoms with Crippen molar-refractivity contribution < 1.29 is 4.42 Å². The Morgan fingerprint density at radius 1 is 1.14 bits per heavy atom. The third-order valence-corrected chi connectivity index (χ3v) is 5.95. The highest BCUT2D eigenvalue weighted by molar-refractivity contribution is 7.80. The van der Waals surface area contributed by atoms with Crippen LogP contribution in [0.15, 0.2) is 28.9 Å². The fourth-order valence-electron chi connectivity index (χ4n) is 4.07. The van der Waals surface area contributed by atoms with Crippen LogP contribution in [0.25, 0.3) is 0 Å². The number of nitrogens with one attached hydrogen (secondary N) is 2. The first kappa shape index (κ1) is 19.9. The van der Waals surface area contributed by atoms with Crippen LogP contribution in [0.3, 0.4) is 0 Å². The van der Waals surface area contributed by atoms with Crippen LogP contribution in [0, 0.1) is 0 Å². The summed E-state index contributed by atoms with van der Waals surface area (Å²) >= 11 is 5.46. The molecule has 1 atom stereocenters. The maximum absolute atomic E-state index is 5.46. The first-order chi connectivity index (χ1) is 14.2. The van der Waals surface area contributed by atoms with E-state index in [1.54, 1.807) is 6.26 Å². The molecule has 156 valence electrons. The van der Waals surface area contributed by atoms with Gasteiger partial charge in [-0.25, -0.2) is 0 Å². The lowest BCUT2D eigenvalue weighted by molar-refractivity contribution is 0.481. The lowest BCUT2D eigenvalue weighted by Crippen LogP contribution is -2.39. The van der Waals surface area contributed by atoms with Crippen molar-refractivity contribution in [1.82, 2.24) is 15.3 Å². The van der Waals surface area contributed by atoms with E-state index >= 15 is 0 Å². The van der Waals surface area contributed by atoms with Gasteiger partial charge in [0.05, 0.1) is 12.8 Å². The number of rotatable bonds is 5. The normalized spacial score (nSPS) is 19.8. The minimum Gasteiger partial charge on any atom is -0.467 e. The first-order valence-electron chi connectivity index (χ1n) is 10.7. The highest BCUT2D eigenvalue weighted by atomic mass is 32.1. The Bertz CT molecular complexity index is 806. The molecule has 8 heteroatoms. The Labute approximate surface area is 177 Å². The minimum absolute atomic E-state index is 0.490. The van der Waals surface area contributed by atoms with Crippen LogP contribution in [0.1, 0.15) is 51.2 Å². The Morgan fingerprint density at radius 3 is 2.69 bits per heavy atom. The number of thiocarbonyl (C=S) groups is 1. The van der Waals surface area contributed by atoms with Crippen LogP contribution < -0.4 is 20.4 Å². The van der Waals surface area contributed by atoms with Crippen molar-refractivity contribution in [3.05, 3.63) is 30.2 Å². The van der Waals surface area contributed by atoms with Gasteiger partial charge in [-0.3, -0.25) is 0 Å². The van der Waals surface area contributed by atoms with Gasteiger partial charge in [-0.1, -0.05) is 0 Å². The molecule has 0 amide bonds. The summed E-state index contributed by atoms with van der Waals surface area (Å²) in [6.07, 6.45) is 9.08. The van der Waals surface area contributed by atoms with Gasteiger partial charge in [0.25, 0.3) is 0 Å². The molecule has 2 aromatic rings. The molecule has 0 aromatic carbocycles. The molecule has 2 N–H and O–H groups in total. The summed E-state index contributed by atoms with van der Waals surface area (Å²) in [5.41, 5.74) is 0. The summed E-state index contributed by atoms with van der Waals surface area (Å²) in [6.45, 7) is 5.95. The molecule has 4 rings (SSSR count). The van der Waals surface area contributed by atoms with E-state index in [9.17, 15) is 0 Å². The smallest absolute Gasteiger partial charge is 0.232 e. The molecule has 2 saturated heterocycles. The summed E-state index contributed by atoms with van der Waals surface area (Å²) in [5.74, 6) is 3.37. The van der Waals surface area contributed by atoms with Gasteiger partial charge in [0.1, 0.15) is 17.4 Å². The van der Waals surface area contributed by atoms with Gasteiger partial charge in [-0.05, 0) is 69.8 Å². The Hall–Kier alpha value is -2.35. The predicted molar refractivity (Wildman–Crippen MR) is 121 cm³/mol. The van der Waals surface area contributed by atoms with Gasteiger partial charge >= 0.3 is 0 Å².